The molecule has 1 aromatic heterocycles. The molecule has 0 spiro atoms. The maximum absolute atomic E-state index is 12.2. The van der Waals surface area contributed by atoms with Crippen LogP contribution in [0, 0.1) is 0 Å². The number of nitrogens with one attached hydrogen (secondary N) is 2. The van der Waals surface area contributed by atoms with Gasteiger partial charge in [0.25, 0.3) is 5.91 Å². The van der Waals surface area contributed by atoms with E-state index in [1.807, 2.05) is 35.7 Å². The minimum Gasteiger partial charge on any atom is -0.465 e. The first-order chi connectivity index (χ1) is 10.5. The standard InChI is InChI=1S/C15H15BrN2O3S/c16-11-7-13(22-9-11)14(19)18-12(8-17-15(20)21)6-10-4-2-1-3-5-10/h1-5,7,9,12,17H,6,8H2,(H,18,19)(H,20,21)/t12-/m0/s1. The molecule has 1 heterocycles. The molecule has 0 radical (unpaired) electrons. The number of thiophene rings is 1. The van der Waals surface area contributed by atoms with Crippen molar-refractivity contribution >= 4 is 39.3 Å². The fourth-order valence-corrected chi connectivity index (χ4v) is 3.30. The molecule has 0 aliphatic carbocycles. The van der Waals surface area contributed by atoms with Gasteiger partial charge >= 0.3 is 6.09 Å². The molecule has 0 unspecified atom stereocenters. The zero-order valence-electron chi connectivity index (χ0n) is 11.6. The number of amides is 2. The molecule has 1 aromatic carbocycles. The van der Waals surface area contributed by atoms with E-state index < -0.39 is 6.09 Å². The number of carbonyl (C=O) groups excluding carboxylic acids is 1. The molecule has 116 valence electrons. The van der Waals surface area contributed by atoms with Crippen molar-refractivity contribution in [3.63, 3.8) is 0 Å². The predicted molar refractivity (Wildman–Crippen MR) is 89.4 cm³/mol. The summed E-state index contributed by atoms with van der Waals surface area (Å²) in [6.07, 6.45) is -0.550. The summed E-state index contributed by atoms with van der Waals surface area (Å²) in [6.45, 7) is 0.155. The van der Waals surface area contributed by atoms with E-state index in [0.29, 0.717) is 11.3 Å². The number of benzene rings is 1. The Bertz CT molecular complexity index is 645. The fraction of sp³-hybridized carbons (Fsp3) is 0.200. The van der Waals surface area contributed by atoms with Crippen molar-refractivity contribution < 1.29 is 14.7 Å². The van der Waals surface area contributed by atoms with Crippen molar-refractivity contribution in [2.75, 3.05) is 6.54 Å². The lowest BCUT2D eigenvalue weighted by molar-refractivity contribution is 0.0939. The third kappa shape index (κ3) is 5.16. The van der Waals surface area contributed by atoms with E-state index in [4.69, 9.17) is 5.11 Å². The summed E-state index contributed by atoms with van der Waals surface area (Å²) in [4.78, 5) is 23.5. The van der Waals surface area contributed by atoms with Gasteiger partial charge in [-0.3, -0.25) is 4.79 Å². The smallest absolute Gasteiger partial charge is 0.404 e. The van der Waals surface area contributed by atoms with Crippen LogP contribution >= 0.6 is 27.3 Å². The fourth-order valence-electron chi connectivity index (χ4n) is 1.97. The minimum absolute atomic E-state index is 0.155. The Morgan fingerprint density at radius 2 is 2.00 bits per heavy atom. The van der Waals surface area contributed by atoms with Crippen LogP contribution in [0.2, 0.25) is 0 Å². The normalized spacial score (nSPS) is 11.7. The number of halogens is 1. The van der Waals surface area contributed by atoms with Crippen LogP contribution in [0.5, 0.6) is 0 Å². The molecule has 0 bridgehead atoms. The van der Waals surface area contributed by atoms with Crippen molar-refractivity contribution in [3.05, 3.63) is 56.7 Å². The van der Waals surface area contributed by atoms with Gasteiger partial charge in [-0.1, -0.05) is 30.3 Å². The number of carboxylic acid groups (broad SMARTS) is 1. The summed E-state index contributed by atoms with van der Waals surface area (Å²) in [5, 5.41) is 15.8. The molecule has 3 N–H and O–H groups in total. The quantitative estimate of drug-likeness (QED) is 0.717. The molecule has 0 fully saturated rings. The number of carbonyl (C=O) groups is 2. The average Bonchev–Trinajstić information content (AvgIpc) is 2.92. The van der Waals surface area contributed by atoms with Crippen molar-refractivity contribution in [1.29, 1.82) is 0 Å². The van der Waals surface area contributed by atoms with Crippen LogP contribution in [-0.2, 0) is 6.42 Å². The maximum Gasteiger partial charge on any atom is 0.404 e. The highest BCUT2D eigenvalue weighted by Gasteiger charge is 2.16. The monoisotopic (exact) mass is 382 g/mol. The molecule has 0 saturated heterocycles. The zero-order valence-corrected chi connectivity index (χ0v) is 14.0. The van der Waals surface area contributed by atoms with E-state index in [0.717, 1.165) is 10.0 Å². The van der Waals surface area contributed by atoms with Crippen LogP contribution in [0.4, 0.5) is 4.79 Å². The summed E-state index contributed by atoms with van der Waals surface area (Å²) in [5.41, 5.74) is 1.03. The lowest BCUT2D eigenvalue weighted by atomic mass is 10.1. The second kappa shape index (κ2) is 7.95. The van der Waals surface area contributed by atoms with Crippen LogP contribution in [0.25, 0.3) is 0 Å². The topological polar surface area (TPSA) is 78.4 Å². The lowest BCUT2D eigenvalue weighted by Gasteiger charge is -2.18. The van der Waals surface area contributed by atoms with Gasteiger partial charge in [-0.25, -0.2) is 4.79 Å². The Kier molecular flexibility index (Phi) is 5.97. The van der Waals surface area contributed by atoms with Gasteiger partial charge in [-0.05, 0) is 34.0 Å². The third-order valence-corrected chi connectivity index (χ3v) is 4.64. The van der Waals surface area contributed by atoms with Crippen LogP contribution < -0.4 is 10.6 Å². The van der Waals surface area contributed by atoms with E-state index in [2.05, 4.69) is 26.6 Å². The highest BCUT2D eigenvalue weighted by Crippen LogP contribution is 2.19. The second-order valence-corrected chi connectivity index (χ2v) is 6.50. The molecule has 1 atom stereocenters. The van der Waals surface area contributed by atoms with Gasteiger partial charge in [-0.15, -0.1) is 11.3 Å². The van der Waals surface area contributed by atoms with Crippen LogP contribution in [0.1, 0.15) is 15.2 Å². The molecule has 0 aliphatic heterocycles. The minimum atomic E-state index is -1.11. The molecule has 22 heavy (non-hydrogen) atoms. The van der Waals surface area contributed by atoms with E-state index in [1.165, 1.54) is 11.3 Å². The summed E-state index contributed by atoms with van der Waals surface area (Å²) in [7, 11) is 0. The van der Waals surface area contributed by atoms with Gasteiger partial charge < -0.3 is 15.7 Å². The Balaban J connectivity index is 2.03. The van der Waals surface area contributed by atoms with Gasteiger partial charge in [0.1, 0.15) is 0 Å². The average molecular weight is 383 g/mol. The molecule has 7 heteroatoms. The Morgan fingerprint density at radius 1 is 1.27 bits per heavy atom. The largest absolute Gasteiger partial charge is 0.465 e. The molecular formula is C15H15BrN2O3S. The van der Waals surface area contributed by atoms with E-state index in [9.17, 15) is 9.59 Å². The summed E-state index contributed by atoms with van der Waals surface area (Å²) in [5.74, 6) is -0.205. The molecule has 2 rings (SSSR count). The third-order valence-electron chi connectivity index (χ3n) is 2.95. The van der Waals surface area contributed by atoms with Crippen molar-refractivity contribution in [3.8, 4) is 0 Å². The van der Waals surface area contributed by atoms with Crippen molar-refractivity contribution in [1.82, 2.24) is 10.6 Å². The van der Waals surface area contributed by atoms with Gasteiger partial charge in [0.2, 0.25) is 0 Å². The van der Waals surface area contributed by atoms with Gasteiger partial charge in [0.05, 0.1) is 10.9 Å². The summed E-state index contributed by atoms with van der Waals surface area (Å²) in [6, 6.07) is 11.1. The van der Waals surface area contributed by atoms with Crippen LogP contribution in [0.3, 0.4) is 0 Å². The van der Waals surface area contributed by atoms with Gasteiger partial charge in [0, 0.05) is 16.4 Å². The highest BCUT2D eigenvalue weighted by atomic mass is 79.9. The first-order valence-electron chi connectivity index (χ1n) is 6.60. The van der Waals surface area contributed by atoms with E-state index >= 15 is 0 Å². The van der Waals surface area contributed by atoms with Crippen LogP contribution in [-0.4, -0.2) is 29.7 Å². The number of hydrogen-bond donors (Lipinski definition) is 3. The summed E-state index contributed by atoms with van der Waals surface area (Å²) < 4.78 is 0.853. The van der Waals surface area contributed by atoms with E-state index in [1.54, 1.807) is 6.07 Å². The number of hydrogen-bond acceptors (Lipinski definition) is 3. The van der Waals surface area contributed by atoms with Crippen molar-refractivity contribution in [2.24, 2.45) is 0 Å². The Morgan fingerprint density at radius 3 is 2.59 bits per heavy atom. The predicted octanol–water partition coefficient (Wildman–Crippen LogP) is 3.12. The first-order valence-corrected chi connectivity index (χ1v) is 8.27. The number of rotatable bonds is 6. The Hall–Kier alpha value is -1.86. The molecule has 0 saturated carbocycles. The second-order valence-electron chi connectivity index (χ2n) is 4.68. The molecular weight excluding hydrogens is 368 g/mol. The molecule has 2 aromatic rings. The SMILES string of the molecule is O=C(O)NC[C@H](Cc1ccccc1)NC(=O)c1cc(Br)cs1. The highest BCUT2D eigenvalue weighted by molar-refractivity contribution is 9.10. The van der Waals surface area contributed by atoms with Gasteiger partial charge in [0.15, 0.2) is 0 Å². The lowest BCUT2D eigenvalue weighted by Crippen LogP contribution is -2.44. The van der Waals surface area contributed by atoms with E-state index in [-0.39, 0.29) is 18.5 Å². The summed E-state index contributed by atoms with van der Waals surface area (Å²) >= 11 is 4.65. The van der Waals surface area contributed by atoms with Crippen LogP contribution in [0.15, 0.2) is 46.3 Å². The van der Waals surface area contributed by atoms with Gasteiger partial charge in [-0.2, -0.15) is 0 Å². The van der Waals surface area contributed by atoms with Crippen molar-refractivity contribution in [2.45, 2.75) is 12.5 Å². The molecule has 2 amide bonds. The first kappa shape index (κ1) is 16.5. The molecule has 5 nitrogen and oxygen atoms in total. The zero-order chi connectivity index (χ0) is 15.9. The Labute approximate surface area is 140 Å². The molecule has 0 aliphatic rings. The maximum atomic E-state index is 12.2.